The third-order valence-corrected chi connectivity index (χ3v) is 10.9. The molecule has 4 unspecified atom stereocenters. The number of aromatic hydroxyl groups is 1. The molecule has 0 saturated carbocycles. The van der Waals surface area contributed by atoms with Gasteiger partial charge >= 0.3 is 0 Å². The van der Waals surface area contributed by atoms with Crippen molar-refractivity contribution >= 4 is 34.0 Å². The average molecular weight is 725 g/mol. The quantitative estimate of drug-likeness (QED) is 0.165. The number of hydrogen-bond acceptors (Lipinski definition) is 14. The van der Waals surface area contributed by atoms with Gasteiger partial charge in [-0.05, 0) is 45.0 Å². The highest BCUT2D eigenvalue weighted by molar-refractivity contribution is 7.11. The van der Waals surface area contributed by atoms with E-state index in [9.17, 15) is 15.3 Å². The summed E-state index contributed by atoms with van der Waals surface area (Å²) in [5, 5.41) is 39.3. The number of anilines is 2. The fraction of sp³-hybridized carbons (Fsp3) is 0.500. The minimum absolute atomic E-state index is 0.0152. The molecule has 0 radical (unpaired) electrons. The Morgan fingerprint density at radius 3 is 1.98 bits per heavy atom. The summed E-state index contributed by atoms with van der Waals surface area (Å²) < 4.78 is 18.5. The summed E-state index contributed by atoms with van der Waals surface area (Å²) in [6.07, 6.45) is -2.77. The third-order valence-electron chi connectivity index (χ3n) is 9.20. The van der Waals surface area contributed by atoms with Gasteiger partial charge in [0.05, 0.1) is 35.4 Å². The fourth-order valence-corrected chi connectivity index (χ4v) is 8.08. The van der Waals surface area contributed by atoms with E-state index in [1.165, 1.54) is 22.7 Å². The number of benzene rings is 2. The first-order valence-electron chi connectivity index (χ1n) is 17.2. The smallest absolute Gasteiger partial charge is 0.273 e. The molecule has 0 spiro atoms. The fourth-order valence-electron chi connectivity index (χ4n) is 6.73. The highest BCUT2D eigenvalue weighted by Gasteiger charge is 2.42. The standard InChI is InChI=1S/C36H48N6O6S2/c1-4-46-32-12-8-6-10-28(32)41-15-13-39(14-16-41)21-30(44)34(48-36-38-26(3)24-50-36)33(31(45)22-47-35-37-25(2)23-49-35)42-19-17-40(18-20-42)27-9-5-7-11-29(27)43/h5-12,23-24,30-31,33-34,43-45H,4,13-22H2,1-3H3. The number of aliphatic hydroxyl groups is 2. The minimum Gasteiger partial charge on any atom is -0.506 e. The Labute approximate surface area is 302 Å². The molecule has 0 amide bonds. The monoisotopic (exact) mass is 724 g/mol. The summed E-state index contributed by atoms with van der Waals surface area (Å²) >= 11 is 2.77. The van der Waals surface area contributed by atoms with E-state index in [2.05, 4.69) is 35.6 Å². The molecule has 2 aromatic heterocycles. The number of aliphatic hydroxyl groups excluding tert-OH is 2. The molecule has 14 heteroatoms. The van der Waals surface area contributed by atoms with Crippen LogP contribution in [-0.4, -0.2) is 132 Å². The maximum absolute atomic E-state index is 12.1. The summed E-state index contributed by atoms with van der Waals surface area (Å²) in [6, 6.07) is 14.8. The average Bonchev–Trinajstić information content (AvgIpc) is 3.75. The van der Waals surface area contributed by atoms with Crippen LogP contribution in [0.15, 0.2) is 59.3 Å². The van der Waals surface area contributed by atoms with Crippen molar-refractivity contribution in [1.29, 1.82) is 0 Å². The summed E-state index contributed by atoms with van der Waals surface area (Å²) in [6.45, 7) is 12.2. The number of phenolic OH excluding ortho intramolecular Hbond substituents is 1. The molecule has 6 rings (SSSR count). The molecular weight excluding hydrogens is 677 g/mol. The van der Waals surface area contributed by atoms with Gasteiger partial charge in [-0.3, -0.25) is 9.80 Å². The first-order valence-corrected chi connectivity index (χ1v) is 19.0. The molecule has 2 aliphatic rings. The lowest BCUT2D eigenvalue weighted by molar-refractivity contribution is -0.0854. The molecule has 2 saturated heterocycles. The van der Waals surface area contributed by atoms with E-state index in [0.29, 0.717) is 49.7 Å². The molecule has 50 heavy (non-hydrogen) atoms. The number of hydrogen-bond donors (Lipinski definition) is 3. The SMILES string of the molecule is CCOc1ccccc1N1CCN(CC(O)C(Oc2nc(C)cs2)C(C(O)COc2nc(C)cs2)N2CCN(c3ccccc3O)CC2)CC1. The molecule has 0 aliphatic carbocycles. The van der Waals surface area contributed by atoms with Gasteiger partial charge < -0.3 is 39.3 Å². The second-order valence-corrected chi connectivity index (χ2v) is 14.4. The molecule has 2 aliphatic heterocycles. The molecule has 3 N–H and O–H groups in total. The molecule has 270 valence electrons. The van der Waals surface area contributed by atoms with Gasteiger partial charge in [-0.1, -0.05) is 46.9 Å². The van der Waals surface area contributed by atoms with Gasteiger partial charge in [0.2, 0.25) is 0 Å². The van der Waals surface area contributed by atoms with Crippen molar-refractivity contribution in [2.75, 3.05) is 81.9 Å². The predicted octanol–water partition coefficient (Wildman–Crippen LogP) is 3.88. The van der Waals surface area contributed by atoms with Gasteiger partial charge in [0, 0.05) is 69.7 Å². The Balaban J connectivity index is 1.20. The maximum atomic E-state index is 12.1. The van der Waals surface area contributed by atoms with Crippen LogP contribution >= 0.6 is 22.7 Å². The van der Waals surface area contributed by atoms with Gasteiger partial charge in [-0.2, -0.15) is 0 Å². The van der Waals surface area contributed by atoms with Crippen molar-refractivity contribution in [1.82, 2.24) is 19.8 Å². The number of ether oxygens (including phenoxy) is 3. The second kappa shape index (κ2) is 17.0. The van der Waals surface area contributed by atoms with Crippen LogP contribution in [0.5, 0.6) is 21.9 Å². The zero-order chi connectivity index (χ0) is 35.0. The van der Waals surface area contributed by atoms with Crippen LogP contribution in [0.1, 0.15) is 18.3 Å². The molecular formula is C36H48N6O6S2. The predicted molar refractivity (Wildman–Crippen MR) is 198 cm³/mol. The third kappa shape index (κ3) is 8.97. The van der Waals surface area contributed by atoms with Crippen molar-refractivity contribution < 1.29 is 29.5 Å². The Morgan fingerprint density at radius 2 is 1.34 bits per heavy atom. The number of aryl methyl sites for hydroxylation is 2. The highest BCUT2D eigenvalue weighted by atomic mass is 32.1. The lowest BCUT2D eigenvalue weighted by Crippen LogP contribution is -2.64. The topological polar surface area (TPSA) is 127 Å². The lowest BCUT2D eigenvalue weighted by Gasteiger charge is -2.45. The Morgan fingerprint density at radius 1 is 0.740 bits per heavy atom. The number of piperazine rings is 2. The largest absolute Gasteiger partial charge is 0.506 e. The van der Waals surface area contributed by atoms with E-state index in [1.807, 2.05) is 67.9 Å². The van der Waals surface area contributed by atoms with E-state index < -0.39 is 24.4 Å². The van der Waals surface area contributed by atoms with Crippen LogP contribution in [-0.2, 0) is 0 Å². The number of nitrogens with zero attached hydrogens (tertiary/aromatic N) is 6. The molecule has 2 aromatic carbocycles. The Hall–Kier alpha value is -3.66. The molecule has 12 nitrogen and oxygen atoms in total. The second-order valence-electron chi connectivity index (χ2n) is 12.7. The number of β-amino-alcohol motifs (C(OH)–C–C–N with tert-alkyl or cyclic N) is 1. The highest BCUT2D eigenvalue weighted by Crippen LogP contribution is 2.31. The van der Waals surface area contributed by atoms with Crippen LogP contribution in [0.4, 0.5) is 11.4 Å². The first kappa shape index (κ1) is 36.1. The Kier molecular flexibility index (Phi) is 12.3. The lowest BCUT2D eigenvalue weighted by atomic mass is 9.96. The molecule has 2 fully saturated rings. The van der Waals surface area contributed by atoms with Gasteiger partial charge in [-0.25, -0.2) is 9.97 Å². The van der Waals surface area contributed by atoms with E-state index in [1.54, 1.807) is 6.07 Å². The number of rotatable bonds is 15. The number of para-hydroxylation sites is 4. The van der Waals surface area contributed by atoms with E-state index >= 15 is 0 Å². The Bertz CT molecular complexity index is 1640. The maximum Gasteiger partial charge on any atom is 0.273 e. The number of aromatic nitrogens is 2. The number of thiazole rings is 2. The summed E-state index contributed by atoms with van der Waals surface area (Å²) in [5.41, 5.74) is 3.54. The van der Waals surface area contributed by atoms with Crippen LogP contribution in [0.2, 0.25) is 0 Å². The van der Waals surface area contributed by atoms with E-state index in [0.717, 1.165) is 54.7 Å². The van der Waals surface area contributed by atoms with Crippen LogP contribution in [0.3, 0.4) is 0 Å². The summed E-state index contributed by atoms with van der Waals surface area (Å²) in [5.74, 6) is 1.12. The van der Waals surface area contributed by atoms with Crippen LogP contribution < -0.4 is 24.0 Å². The van der Waals surface area contributed by atoms with E-state index in [4.69, 9.17) is 14.2 Å². The van der Waals surface area contributed by atoms with Gasteiger partial charge in [0.1, 0.15) is 36.4 Å². The van der Waals surface area contributed by atoms with Gasteiger partial charge in [-0.15, -0.1) is 0 Å². The minimum atomic E-state index is -1.01. The summed E-state index contributed by atoms with van der Waals surface area (Å²) in [7, 11) is 0. The van der Waals surface area contributed by atoms with Crippen LogP contribution in [0, 0.1) is 13.8 Å². The summed E-state index contributed by atoms with van der Waals surface area (Å²) in [4.78, 5) is 17.9. The number of phenols is 1. The van der Waals surface area contributed by atoms with Crippen LogP contribution in [0.25, 0.3) is 0 Å². The van der Waals surface area contributed by atoms with E-state index in [-0.39, 0.29) is 12.4 Å². The molecule has 0 bridgehead atoms. The zero-order valence-electron chi connectivity index (χ0n) is 28.9. The van der Waals surface area contributed by atoms with Gasteiger partial charge in [0.15, 0.2) is 0 Å². The first-order chi connectivity index (χ1) is 24.3. The van der Waals surface area contributed by atoms with Crippen molar-refractivity contribution in [2.24, 2.45) is 0 Å². The normalized spacial score (nSPS) is 18.4. The van der Waals surface area contributed by atoms with Gasteiger partial charge in [0.25, 0.3) is 10.4 Å². The van der Waals surface area contributed by atoms with Crippen molar-refractivity contribution in [3.8, 4) is 21.9 Å². The zero-order valence-corrected chi connectivity index (χ0v) is 30.6. The molecule has 4 atom stereocenters. The molecule has 4 heterocycles. The van der Waals surface area contributed by atoms with Crippen molar-refractivity contribution in [2.45, 2.75) is 45.1 Å². The van der Waals surface area contributed by atoms with Crippen molar-refractivity contribution in [3.05, 3.63) is 70.7 Å². The van der Waals surface area contributed by atoms with Crippen molar-refractivity contribution in [3.63, 3.8) is 0 Å². The molecule has 4 aromatic rings.